The highest BCUT2D eigenvalue weighted by Crippen LogP contribution is 2.51. The minimum atomic E-state index is -3.73. The first kappa shape index (κ1) is 14.5. The lowest BCUT2D eigenvalue weighted by Crippen LogP contribution is -2.38. The van der Waals surface area contributed by atoms with E-state index >= 15 is 0 Å². The van der Waals surface area contributed by atoms with Crippen molar-refractivity contribution in [2.75, 3.05) is 20.8 Å². The molecule has 0 spiro atoms. The first-order valence-electron chi connectivity index (χ1n) is 4.19. The van der Waals surface area contributed by atoms with Gasteiger partial charge in [-0.2, -0.15) is 0 Å². The molecule has 0 aromatic rings. The summed E-state index contributed by atoms with van der Waals surface area (Å²) in [5.74, 6) is -2.06. The SMILES string of the molecule is COP(=O)(OC)[C@@H](O)[C@@H](O)CNC(C)=O. The van der Waals surface area contributed by atoms with E-state index < -0.39 is 19.5 Å². The zero-order chi connectivity index (χ0) is 12.1. The molecule has 8 heteroatoms. The summed E-state index contributed by atoms with van der Waals surface area (Å²) >= 11 is 0. The Labute approximate surface area is 87.9 Å². The first-order valence-corrected chi connectivity index (χ1v) is 5.80. The third-order valence-corrected chi connectivity index (χ3v) is 3.75. The monoisotopic (exact) mass is 241 g/mol. The lowest BCUT2D eigenvalue weighted by atomic mass is 10.4. The van der Waals surface area contributed by atoms with Gasteiger partial charge in [-0.1, -0.05) is 0 Å². The van der Waals surface area contributed by atoms with Crippen LogP contribution in [-0.4, -0.2) is 48.8 Å². The van der Waals surface area contributed by atoms with Gasteiger partial charge in [-0.05, 0) is 0 Å². The van der Waals surface area contributed by atoms with E-state index in [1.54, 1.807) is 0 Å². The van der Waals surface area contributed by atoms with E-state index in [9.17, 15) is 19.6 Å². The minimum Gasteiger partial charge on any atom is -0.388 e. The zero-order valence-electron chi connectivity index (χ0n) is 8.84. The quantitative estimate of drug-likeness (QED) is 0.530. The van der Waals surface area contributed by atoms with E-state index in [1.807, 2.05) is 0 Å². The Hall–Kier alpha value is -0.460. The second kappa shape index (κ2) is 6.19. The molecule has 0 aliphatic rings. The van der Waals surface area contributed by atoms with Crippen LogP contribution in [-0.2, 0) is 18.4 Å². The molecule has 0 radical (unpaired) electrons. The molecule has 2 atom stereocenters. The second-order valence-corrected chi connectivity index (χ2v) is 5.16. The van der Waals surface area contributed by atoms with Crippen LogP contribution in [0.15, 0.2) is 0 Å². The Balaban J connectivity index is 4.35. The van der Waals surface area contributed by atoms with Gasteiger partial charge in [-0.3, -0.25) is 9.36 Å². The molecule has 3 N–H and O–H groups in total. The maximum absolute atomic E-state index is 11.6. The Bertz CT molecular complexity index is 250. The van der Waals surface area contributed by atoms with Crippen LogP contribution in [0, 0.1) is 0 Å². The second-order valence-electron chi connectivity index (χ2n) is 2.82. The predicted molar refractivity (Wildman–Crippen MR) is 52.3 cm³/mol. The third kappa shape index (κ3) is 4.27. The van der Waals surface area contributed by atoms with Gasteiger partial charge in [-0.25, -0.2) is 0 Å². The van der Waals surface area contributed by atoms with E-state index in [1.165, 1.54) is 6.92 Å². The summed E-state index contributed by atoms with van der Waals surface area (Å²) in [4.78, 5) is 10.5. The lowest BCUT2D eigenvalue weighted by molar-refractivity contribution is -0.119. The molecule has 0 aromatic heterocycles. The van der Waals surface area contributed by atoms with Gasteiger partial charge in [0.05, 0.1) is 0 Å². The van der Waals surface area contributed by atoms with Crippen LogP contribution in [0.4, 0.5) is 0 Å². The Morgan fingerprint density at radius 3 is 2.20 bits per heavy atom. The number of carbonyl (C=O) groups is 1. The number of amides is 1. The van der Waals surface area contributed by atoms with Crippen molar-refractivity contribution in [3.05, 3.63) is 0 Å². The van der Waals surface area contributed by atoms with Gasteiger partial charge >= 0.3 is 7.60 Å². The van der Waals surface area contributed by atoms with E-state index in [0.29, 0.717) is 0 Å². The highest BCUT2D eigenvalue weighted by atomic mass is 31.2. The molecule has 0 saturated carbocycles. The maximum Gasteiger partial charge on any atom is 0.361 e. The van der Waals surface area contributed by atoms with Crippen molar-refractivity contribution in [3.63, 3.8) is 0 Å². The maximum atomic E-state index is 11.6. The number of carbonyl (C=O) groups excluding carboxylic acids is 1. The lowest BCUT2D eigenvalue weighted by Gasteiger charge is -2.23. The molecule has 0 aliphatic carbocycles. The number of rotatable bonds is 6. The Morgan fingerprint density at radius 2 is 1.87 bits per heavy atom. The van der Waals surface area contributed by atoms with Crippen LogP contribution in [0.5, 0.6) is 0 Å². The molecule has 0 saturated heterocycles. The molecule has 0 aromatic carbocycles. The van der Waals surface area contributed by atoms with Crippen molar-refractivity contribution >= 4 is 13.5 Å². The van der Waals surface area contributed by atoms with E-state index in [0.717, 1.165) is 14.2 Å². The third-order valence-electron chi connectivity index (χ3n) is 1.74. The largest absolute Gasteiger partial charge is 0.388 e. The highest BCUT2D eigenvalue weighted by Gasteiger charge is 2.37. The summed E-state index contributed by atoms with van der Waals surface area (Å²) in [6, 6.07) is 0. The van der Waals surface area contributed by atoms with Gasteiger partial charge in [0.15, 0.2) is 5.85 Å². The molecule has 0 unspecified atom stereocenters. The smallest absolute Gasteiger partial charge is 0.361 e. The summed E-state index contributed by atoms with van der Waals surface area (Å²) in [5, 5.41) is 21.1. The molecule has 90 valence electrons. The number of aliphatic hydroxyl groups is 2. The van der Waals surface area contributed by atoms with Crippen molar-refractivity contribution in [1.29, 1.82) is 0 Å². The summed E-state index contributed by atoms with van der Waals surface area (Å²) in [6.45, 7) is 1.03. The summed E-state index contributed by atoms with van der Waals surface area (Å²) < 4.78 is 20.5. The molecule has 0 heterocycles. The van der Waals surface area contributed by atoms with Crippen LogP contribution in [0.2, 0.25) is 0 Å². The van der Waals surface area contributed by atoms with Gasteiger partial charge in [0.2, 0.25) is 5.91 Å². The first-order chi connectivity index (χ1) is 6.87. The predicted octanol–water partition coefficient (Wildman–Crippen LogP) is -0.712. The fraction of sp³-hybridized carbons (Fsp3) is 0.857. The van der Waals surface area contributed by atoms with Gasteiger partial charge in [0.1, 0.15) is 6.10 Å². The normalized spacial score (nSPS) is 15.8. The molecule has 0 rings (SSSR count). The van der Waals surface area contributed by atoms with E-state index in [-0.39, 0.29) is 12.5 Å². The number of aliphatic hydroxyl groups excluding tert-OH is 2. The van der Waals surface area contributed by atoms with E-state index in [2.05, 4.69) is 14.4 Å². The summed E-state index contributed by atoms with van der Waals surface area (Å²) in [7, 11) is -1.54. The fourth-order valence-corrected chi connectivity index (χ4v) is 1.96. The summed E-state index contributed by atoms with van der Waals surface area (Å²) in [5.41, 5.74) is 0. The molecule has 1 amide bonds. The van der Waals surface area contributed by atoms with Crippen molar-refractivity contribution < 1.29 is 28.6 Å². The van der Waals surface area contributed by atoms with E-state index in [4.69, 9.17) is 0 Å². The standard InChI is InChI=1S/C7H16NO6P/c1-5(9)8-4-6(10)7(11)15(12,13-2)14-3/h6-7,10-11H,4H2,1-3H3,(H,8,9)/t6-,7+/m0/s1. The summed E-state index contributed by atoms with van der Waals surface area (Å²) in [6.07, 6.45) is -1.42. The average molecular weight is 241 g/mol. The molecule has 15 heavy (non-hydrogen) atoms. The van der Waals surface area contributed by atoms with Crippen LogP contribution < -0.4 is 5.32 Å². The minimum absolute atomic E-state index is 0.229. The fourth-order valence-electron chi connectivity index (χ4n) is 0.855. The van der Waals surface area contributed by atoms with Crippen LogP contribution in [0.25, 0.3) is 0 Å². The zero-order valence-corrected chi connectivity index (χ0v) is 9.73. The van der Waals surface area contributed by atoms with Gasteiger partial charge in [-0.15, -0.1) is 0 Å². The highest BCUT2D eigenvalue weighted by molar-refractivity contribution is 7.54. The van der Waals surface area contributed by atoms with Crippen molar-refractivity contribution in [3.8, 4) is 0 Å². The van der Waals surface area contributed by atoms with Crippen LogP contribution >= 0.6 is 7.60 Å². The number of hydrogen-bond acceptors (Lipinski definition) is 6. The van der Waals surface area contributed by atoms with Crippen molar-refractivity contribution in [2.45, 2.75) is 18.9 Å². The van der Waals surface area contributed by atoms with Gasteiger partial charge in [0, 0.05) is 27.7 Å². The molecule has 7 nitrogen and oxygen atoms in total. The molecule has 0 fully saturated rings. The average Bonchev–Trinajstić information content (AvgIpc) is 2.23. The van der Waals surface area contributed by atoms with Crippen LogP contribution in [0.1, 0.15) is 6.92 Å². The van der Waals surface area contributed by atoms with Crippen LogP contribution in [0.3, 0.4) is 0 Å². The number of hydrogen-bond donors (Lipinski definition) is 3. The van der Waals surface area contributed by atoms with Gasteiger partial charge < -0.3 is 24.6 Å². The molecular formula is C7H16NO6P. The number of nitrogens with one attached hydrogen (secondary N) is 1. The van der Waals surface area contributed by atoms with Gasteiger partial charge in [0.25, 0.3) is 0 Å². The Kier molecular flexibility index (Phi) is 6.00. The molecule has 0 bridgehead atoms. The molecular weight excluding hydrogens is 225 g/mol. The Morgan fingerprint density at radius 1 is 1.40 bits per heavy atom. The topological polar surface area (TPSA) is 105 Å². The van der Waals surface area contributed by atoms with Crippen molar-refractivity contribution in [2.24, 2.45) is 0 Å². The van der Waals surface area contributed by atoms with Crippen molar-refractivity contribution in [1.82, 2.24) is 5.32 Å². The molecule has 0 aliphatic heterocycles.